The summed E-state index contributed by atoms with van der Waals surface area (Å²) >= 11 is 0. The summed E-state index contributed by atoms with van der Waals surface area (Å²) in [6, 6.07) is 15.6. The van der Waals surface area contributed by atoms with E-state index in [9.17, 15) is 13.2 Å². The molecule has 7 nitrogen and oxygen atoms in total. The van der Waals surface area contributed by atoms with Crippen LogP contribution in [0.5, 0.6) is 0 Å². The normalized spacial score (nSPS) is 15.6. The largest absolute Gasteiger partial charge is 0.451 e. The van der Waals surface area contributed by atoms with Gasteiger partial charge < -0.3 is 14.5 Å². The number of furan rings is 1. The van der Waals surface area contributed by atoms with Crippen molar-refractivity contribution < 1.29 is 22.4 Å². The van der Waals surface area contributed by atoms with Crippen LogP contribution in [0.25, 0.3) is 11.0 Å². The molecule has 0 atom stereocenters. The van der Waals surface area contributed by atoms with E-state index >= 15 is 0 Å². The molecule has 0 radical (unpaired) electrons. The third-order valence-corrected chi connectivity index (χ3v) is 6.55. The van der Waals surface area contributed by atoms with E-state index in [0.29, 0.717) is 31.9 Å². The molecule has 1 N–H and O–H groups in total. The SMILES string of the molecule is O=C(NCc1ccc(S(=O)(=O)N2CCOCC2)cc1)c1cc2ccccc2o1. The van der Waals surface area contributed by atoms with Crippen molar-refractivity contribution in [2.75, 3.05) is 26.3 Å². The highest BCUT2D eigenvalue weighted by atomic mass is 32.2. The lowest BCUT2D eigenvalue weighted by Gasteiger charge is -2.26. The summed E-state index contributed by atoms with van der Waals surface area (Å²) in [5.74, 6) is -0.0751. The topological polar surface area (TPSA) is 88.9 Å². The van der Waals surface area contributed by atoms with Crippen molar-refractivity contribution in [1.82, 2.24) is 9.62 Å². The number of para-hydroxylation sites is 1. The van der Waals surface area contributed by atoms with Gasteiger partial charge in [-0.2, -0.15) is 4.31 Å². The summed E-state index contributed by atoms with van der Waals surface area (Å²) in [5.41, 5.74) is 1.45. The number of fused-ring (bicyclic) bond motifs is 1. The van der Waals surface area contributed by atoms with Crippen molar-refractivity contribution in [3.8, 4) is 0 Å². The highest BCUT2D eigenvalue weighted by Gasteiger charge is 2.26. The Balaban J connectivity index is 1.41. The molecule has 4 rings (SSSR count). The molecule has 8 heteroatoms. The lowest BCUT2D eigenvalue weighted by Crippen LogP contribution is -2.40. The minimum atomic E-state index is -3.52. The first-order chi connectivity index (χ1) is 13.5. The van der Waals surface area contributed by atoms with Crippen LogP contribution < -0.4 is 5.32 Å². The molecule has 2 heterocycles. The summed E-state index contributed by atoms with van der Waals surface area (Å²) < 4.78 is 37.4. The average molecular weight is 400 g/mol. The van der Waals surface area contributed by atoms with Crippen LogP contribution in [0.15, 0.2) is 63.9 Å². The number of nitrogens with one attached hydrogen (secondary N) is 1. The van der Waals surface area contributed by atoms with Crippen molar-refractivity contribution in [1.29, 1.82) is 0 Å². The molecular weight excluding hydrogens is 380 g/mol. The van der Waals surface area contributed by atoms with Crippen LogP contribution in [-0.4, -0.2) is 44.9 Å². The Hall–Kier alpha value is -2.68. The second-order valence-corrected chi connectivity index (χ2v) is 8.43. The number of amides is 1. The molecule has 1 amide bonds. The number of carbonyl (C=O) groups is 1. The molecule has 0 saturated carbocycles. The van der Waals surface area contributed by atoms with Crippen molar-refractivity contribution in [2.24, 2.45) is 0 Å². The van der Waals surface area contributed by atoms with Gasteiger partial charge in [-0.25, -0.2) is 8.42 Å². The molecule has 1 fully saturated rings. The molecule has 1 aliphatic heterocycles. The van der Waals surface area contributed by atoms with Crippen molar-refractivity contribution in [3.05, 3.63) is 65.9 Å². The molecular formula is C20H20N2O5S. The Morgan fingerprint density at radius 2 is 1.75 bits per heavy atom. The highest BCUT2D eigenvalue weighted by molar-refractivity contribution is 7.89. The monoisotopic (exact) mass is 400 g/mol. The number of sulfonamides is 1. The molecule has 1 aliphatic rings. The Morgan fingerprint density at radius 1 is 1.04 bits per heavy atom. The highest BCUT2D eigenvalue weighted by Crippen LogP contribution is 2.20. The number of morpholine rings is 1. The van der Waals surface area contributed by atoms with Gasteiger partial charge >= 0.3 is 0 Å². The first kappa shape index (κ1) is 18.7. The van der Waals surface area contributed by atoms with E-state index < -0.39 is 10.0 Å². The Labute approximate surface area is 162 Å². The van der Waals surface area contributed by atoms with Gasteiger partial charge in [0.15, 0.2) is 5.76 Å². The predicted molar refractivity (Wildman–Crippen MR) is 103 cm³/mol. The zero-order chi connectivity index (χ0) is 19.6. The van der Waals surface area contributed by atoms with Crippen molar-refractivity contribution >= 4 is 26.9 Å². The number of ether oxygens (including phenoxy) is 1. The maximum Gasteiger partial charge on any atom is 0.287 e. The van der Waals surface area contributed by atoms with E-state index in [-0.39, 0.29) is 23.1 Å². The van der Waals surface area contributed by atoms with Crippen LogP contribution in [0.2, 0.25) is 0 Å². The summed E-state index contributed by atoms with van der Waals surface area (Å²) in [4.78, 5) is 12.5. The number of nitrogens with zero attached hydrogens (tertiary/aromatic N) is 1. The molecule has 3 aromatic rings. The third-order valence-electron chi connectivity index (χ3n) is 4.63. The Morgan fingerprint density at radius 3 is 2.46 bits per heavy atom. The average Bonchev–Trinajstić information content (AvgIpc) is 3.17. The van der Waals surface area contributed by atoms with Crippen LogP contribution in [-0.2, 0) is 21.3 Å². The zero-order valence-electron chi connectivity index (χ0n) is 15.1. The molecule has 1 aromatic heterocycles. The van der Waals surface area contributed by atoms with Gasteiger partial charge in [0.05, 0.1) is 18.1 Å². The van der Waals surface area contributed by atoms with E-state index in [1.807, 2.05) is 18.2 Å². The molecule has 2 aromatic carbocycles. The van der Waals surface area contributed by atoms with Crippen molar-refractivity contribution in [3.63, 3.8) is 0 Å². The molecule has 0 spiro atoms. The first-order valence-electron chi connectivity index (χ1n) is 8.98. The molecule has 0 unspecified atom stereocenters. The van der Waals surface area contributed by atoms with E-state index in [1.54, 1.807) is 36.4 Å². The van der Waals surface area contributed by atoms with Gasteiger partial charge in [0.25, 0.3) is 5.91 Å². The number of benzene rings is 2. The molecule has 0 aliphatic carbocycles. The van der Waals surface area contributed by atoms with Crippen LogP contribution in [0, 0.1) is 0 Å². The minimum Gasteiger partial charge on any atom is -0.451 e. The third kappa shape index (κ3) is 3.80. The molecule has 146 valence electrons. The quantitative estimate of drug-likeness (QED) is 0.710. The Bertz CT molecular complexity index is 1050. The number of rotatable bonds is 5. The second-order valence-electron chi connectivity index (χ2n) is 6.49. The molecule has 28 heavy (non-hydrogen) atoms. The molecule has 1 saturated heterocycles. The number of hydrogen-bond donors (Lipinski definition) is 1. The summed E-state index contributed by atoms with van der Waals surface area (Å²) in [6.45, 7) is 1.80. The lowest BCUT2D eigenvalue weighted by molar-refractivity contribution is 0.0730. The van der Waals surface area contributed by atoms with E-state index in [2.05, 4.69) is 5.32 Å². The van der Waals surface area contributed by atoms with Gasteiger partial charge in [-0.15, -0.1) is 0 Å². The fourth-order valence-electron chi connectivity index (χ4n) is 3.08. The predicted octanol–water partition coefficient (Wildman–Crippen LogP) is 2.38. The first-order valence-corrected chi connectivity index (χ1v) is 10.4. The maximum atomic E-state index is 12.6. The van der Waals surface area contributed by atoms with E-state index in [4.69, 9.17) is 9.15 Å². The van der Waals surface area contributed by atoms with Gasteiger partial charge in [0.1, 0.15) is 5.58 Å². The van der Waals surface area contributed by atoms with Gasteiger partial charge in [-0.1, -0.05) is 30.3 Å². The number of hydrogen-bond acceptors (Lipinski definition) is 5. The van der Waals surface area contributed by atoms with E-state index in [0.717, 1.165) is 10.9 Å². The smallest absolute Gasteiger partial charge is 0.287 e. The van der Waals surface area contributed by atoms with Crippen LogP contribution in [0.1, 0.15) is 16.1 Å². The fraction of sp³-hybridized carbons (Fsp3) is 0.250. The summed E-state index contributed by atoms with van der Waals surface area (Å²) in [5, 5.41) is 3.65. The van der Waals surface area contributed by atoms with Gasteiger partial charge in [0, 0.05) is 25.0 Å². The van der Waals surface area contributed by atoms with Gasteiger partial charge in [0.2, 0.25) is 10.0 Å². The summed E-state index contributed by atoms with van der Waals surface area (Å²) in [7, 11) is -3.52. The number of carbonyl (C=O) groups excluding carboxylic acids is 1. The van der Waals surface area contributed by atoms with Gasteiger partial charge in [-0.3, -0.25) is 4.79 Å². The Kier molecular flexibility index (Phi) is 5.17. The summed E-state index contributed by atoms with van der Waals surface area (Å²) in [6.07, 6.45) is 0. The van der Waals surface area contributed by atoms with Crippen LogP contribution in [0.4, 0.5) is 0 Å². The van der Waals surface area contributed by atoms with Crippen LogP contribution >= 0.6 is 0 Å². The zero-order valence-corrected chi connectivity index (χ0v) is 15.9. The van der Waals surface area contributed by atoms with E-state index in [1.165, 1.54) is 4.31 Å². The molecule has 0 bridgehead atoms. The maximum absolute atomic E-state index is 12.6. The second kappa shape index (κ2) is 7.75. The fourth-order valence-corrected chi connectivity index (χ4v) is 4.49. The van der Waals surface area contributed by atoms with Crippen molar-refractivity contribution in [2.45, 2.75) is 11.4 Å². The standard InChI is InChI=1S/C20H20N2O5S/c23-20(19-13-16-3-1-2-4-18(16)27-19)21-14-15-5-7-17(8-6-15)28(24,25)22-9-11-26-12-10-22/h1-8,13H,9-12,14H2,(H,21,23). The van der Waals surface area contributed by atoms with Gasteiger partial charge in [-0.05, 0) is 29.8 Å². The van der Waals surface area contributed by atoms with Crippen LogP contribution in [0.3, 0.4) is 0 Å². The lowest BCUT2D eigenvalue weighted by atomic mass is 10.2. The minimum absolute atomic E-state index is 0.238.